The molecule has 5 nitrogen and oxygen atoms in total. The Labute approximate surface area is 159 Å². The summed E-state index contributed by atoms with van der Waals surface area (Å²) in [4.78, 5) is 11.9. The molecule has 0 fully saturated rings. The Bertz CT molecular complexity index is 820. The number of ether oxygens (including phenoxy) is 4. The molecule has 0 spiro atoms. The van der Waals surface area contributed by atoms with Gasteiger partial charge in [0, 0.05) is 27.7 Å². The summed E-state index contributed by atoms with van der Waals surface area (Å²) in [5.74, 6) is 0.639. The third-order valence-electron chi connectivity index (χ3n) is 3.52. The summed E-state index contributed by atoms with van der Waals surface area (Å²) in [5, 5.41) is 0. The van der Waals surface area contributed by atoms with Gasteiger partial charge in [0.15, 0.2) is 11.5 Å². The number of halogens is 2. The Morgan fingerprint density at radius 1 is 1.04 bits per heavy atom. The highest BCUT2D eigenvalue weighted by Gasteiger charge is 2.11. The second kappa shape index (κ2) is 9.24. The first-order chi connectivity index (χ1) is 12.5. The molecule has 0 unspecified atom stereocenters. The van der Waals surface area contributed by atoms with E-state index in [2.05, 4.69) is 15.9 Å². The largest absolute Gasteiger partial charge is 0.496 e. The van der Waals surface area contributed by atoms with Crippen LogP contribution >= 0.6 is 15.9 Å². The van der Waals surface area contributed by atoms with Gasteiger partial charge in [0.1, 0.15) is 18.2 Å². The molecule has 138 valence electrons. The fourth-order valence-electron chi connectivity index (χ4n) is 2.18. The lowest BCUT2D eigenvalue weighted by molar-refractivity contribution is -0.138. The van der Waals surface area contributed by atoms with Gasteiger partial charge in [-0.3, -0.25) is 0 Å². The molecule has 0 radical (unpaired) electrons. The maximum Gasteiger partial charge on any atom is 0.331 e. The molecule has 0 aliphatic carbocycles. The van der Waals surface area contributed by atoms with Gasteiger partial charge in [-0.15, -0.1) is 0 Å². The lowest BCUT2D eigenvalue weighted by Gasteiger charge is -2.12. The summed E-state index contributed by atoms with van der Waals surface area (Å²) < 4.78 is 34.5. The molecule has 2 rings (SSSR count). The minimum Gasteiger partial charge on any atom is -0.496 e. The first-order valence-electron chi connectivity index (χ1n) is 7.57. The van der Waals surface area contributed by atoms with Crippen LogP contribution in [-0.2, 0) is 16.1 Å². The Morgan fingerprint density at radius 2 is 1.69 bits per heavy atom. The fourth-order valence-corrected chi connectivity index (χ4v) is 2.64. The van der Waals surface area contributed by atoms with Crippen LogP contribution in [0, 0.1) is 5.82 Å². The number of hydrogen-bond acceptors (Lipinski definition) is 5. The topological polar surface area (TPSA) is 54.0 Å². The summed E-state index contributed by atoms with van der Waals surface area (Å²) in [6.45, 7) is 0.0209. The van der Waals surface area contributed by atoms with Crippen molar-refractivity contribution in [1.82, 2.24) is 0 Å². The van der Waals surface area contributed by atoms with Crippen LogP contribution in [0.2, 0.25) is 0 Å². The molecule has 0 aliphatic rings. The number of methoxy groups -OCH3 is 3. The van der Waals surface area contributed by atoms with Gasteiger partial charge in [-0.2, -0.15) is 0 Å². The average Bonchev–Trinajstić information content (AvgIpc) is 2.64. The van der Waals surface area contributed by atoms with E-state index in [0.717, 1.165) is 0 Å². The van der Waals surface area contributed by atoms with Crippen molar-refractivity contribution >= 4 is 28.0 Å². The smallest absolute Gasteiger partial charge is 0.331 e. The molecule has 0 amide bonds. The van der Waals surface area contributed by atoms with E-state index in [0.29, 0.717) is 32.8 Å². The average molecular weight is 425 g/mol. The van der Waals surface area contributed by atoms with Crippen LogP contribution in [0.3, 0.4) is 0 Å². The van der Waals surface area contributed by atoms with Gasteiger partial charge in [0.25, 0.3) is 0 Å². The van der Waals surface area contributed by atoms with Gasteiger partial charge in [-0.05, 0) is 24.3 Å². The number of carbonyl (C=O) groups excluding carboxylic acids is 1. The Hall–Kier alpha value is -2.54. The van der Waals surface area contributed by atoms with E-state index in [4.69, 9.17) is 18.9 Å². The van der Waals surface area contributed by atoms with E-state index in [1.165, 1.54) is 39.5 Å². The van der Waals surface area contributed by atoms with E-state index in [1.807, 2.05) is 0 Å². The lowest BCUT2D eigenvalue weighted by atomic mass is 10.1. The quantitative estimate of drug-likeness (QED) is 0.487. The van der Waals surface area contributed by atoms with Gasteiger partial charge < -0.3 is 18.9 Å². The van der Waals surface area contributed by atoms with Crippen molar-refractivity contribution in [2.24, 2.45) is 0 Å². The van der Waals surface area contributed by atoms with Gasteiger partial charge in [0.2, 0.25) is 0 Å². The predicted octanol–water partition coefficient (Wildman–Crippen LogP) is 4.37. The van der Waals surface area contributed by atoms with E-state index in [-0.39, 0.29) is 12.4 Å². The molecular weight excluding hydrogens is 407 g/mol. The molecular formula is C19H18BrFO5. The minimum atomic E-state index is -0.543. The summed E-state index contributed by atoms with van der Waals surface area (Å²) in [6.07, 6.45) is 2.84. The van der Waals surface area contributed by atoms with Crippen LogP contribution in [0.25, 0.3) is 6.08 Å². The molecule has 2 aromatic carbocycles. The van der Waals surface area contributed by atoms with E-state index in [1.54, 1.807) is 24.3 Å². The summed E-state index contributed by atoms with van der Waals surface area (Å²) >= 11 is 3.23. The zero-order valence-corrected chi connectivity index (χ0v) is 16.1. The first kappa shape index (κ1) is 19.8. The molecule has 0 saturated carbocycles. The monoisotopic (exact) mass is 424 g/mol. The zero-order valence-electron chi connectivity index (χ0n) is 14.5. The number of esters is 1. The molecule has 0 N–H and O–H groups in total. The number of rotatable bonds is 7. The van der Waals surface area contributed by atoms with Crippen molar-refractivity contribution in [1.29, 1.82) is 0 Å². The zero-order chi connectivity index (χ0) is 19.1. The van der Waals surface area contributed by atoms with Crippen molar-refractivity contribution in [3.8, 4) is 17.2 Å². The van der Waals surface area contributed by atoms with Crippen LogP contribution < -0.4 is 14.2 Å². The van der Waals surface area contributed by atoms with Crippen molar-refractivity contribution < 1.29 is 28.1 Å². The SMILES string of the molecule is COc1cc(OC)c(OC)cc1/C=C/C(=O)OCc1ccc(F)cc1Br. The van der Waals surface area contributed by atoms with Crippen LogP contribution in [0.5, 0.6) is 17.2 Å². The van der Waals surface area contributed by atoms with Crippen LogP contribution in [-0.4, -0.2) is 27.3 Å². The predicted molar refractivity (Wildman–Crippen MR) is 99.0 cm³/mol. The minimum absolute atomic E-state index is 0.0209. The van der Waals surface area contributed by atoms with Gasteiger partial charge in [0.05, 0.1) is 21.3 Å². The third-order valence-corrected chi connectivity index (χ3v) is 4.26. The van der Waals surface area contributed by atoms with E-state index < -0.39 is 5.97 Å². The second-order valence-electron chi connectivity index (χ2n) is 5.13. The highest BCUT2D eigenvalue weighted by Crippen LogP contribution is 2.35. The lowest BCUT2D eigenvalue weighted by Crippen LogP contribution is -2.01. The maximum atomic E-state index is 13.1. The molecule has 0 heterocycles. The highest BCUT2D eigenvalue weighted by molar-refractivity contribution is 9.10. The Morgan fingerprint density at radius 3 is 2.31 bits per heavy atom. The summed E-state index contributed by atoms with van der Waals surface area (Å²) in [7, 11) is 4.56. The normalized spacial score (nSPS) is 10.7. The van der Waals surface area contributed by atoms with Crippen molar-refractivity contribution in [2.75, 3.05) is 21.3 Å². The second-order valence-corrected chi connectivity index (χ2v) is 5.98. The van der Waals surface area contributed by atoms with Gasteiger partial charge >= 0.3 is 5.97 Å². The summed E-state index contributed by atoms with van der Waals surface area (Å²) in [6, 6.07) is 7.52. The van der Waals surface area contributed by atoms with Gasteiger partial charge in [-0.25, -0.2) is 9.18 Å². The first-order valence-corrected chi connectivity index (χ1v) is 8.36. The van der Waals surface area contributed by atoms with Crippen molar-refractivity contribution in [3.05, 3.63) is 57.8 Å². The molecule has 7 heteroatoms. The molecule has 0 bridgehead atoms. The number of carbonyl (C=O) groups is 1. The van der Waals surface area contributed by atoms with Crippen LogP contribution in [0.1, 0.15) is 11.1 Å². The van der Waals surface area contributed by atoms with Gasteiger partial charge in [-0.1, -0.05) is 22.0 Å². The number of hydrogen-bond donors (Lipinski definition) is 0. The fraction of sp³-hybridized carbons (Fsp3) is 0.211. The molecule has 0 aliphatic heterocycles. The Kier molecular flexibility index (Phi) is 7.03. The standard InChI is InChI=1S/C19H18BrFO5/c1-23-16-10-18(25-3)17(24-2)8-12(16)5-7-19(22)26-11-13-4-6-14(21)9-15(13)20/h4-10H,11H2,1-3H3/b7-5+. The number of benzene rings is 2. The highest BCUT2D eigenvalue weighted by atomic mass is 79.9. The summed E-state index contributed by atoms with van der Waals surface area (Å²) in [5.41, 5.74) is 1.29. The van der Waals surface area contributed by atoms with Crippen LogP contribution in [0.15, 0.2) is 40.9 Å². The molecule has 2 aromatic rings. The third kappa shape index (κ3) is 4.98. The van der Waals surface area contributed by atoms with E-state index in [9.17, 15) is 9.18 Å². The van der Waals surface area contributed by atoms with Crippen molar-refractivity contribution in [3.63, 3.8) is 0 Å². The molecule has 26 heavy (non-hydrogen) atoms. The molecule has 0 aromatic heterocycles. The maximum absolute atomic E-state index is 13.1. The Balaban J connectivity index is 2.09. The molecule has 0 saturated heterocycles. The van der Waals surface area contributed by atoms with E-state index >= 15 is 0 Å². The molecule has 0 atom stereocenters. The van der Waals surface area contributed by atoms with Crippen molar-refractivity contribution in [2.45, 2.75) is 6.61 Å². The van der Waals surface area contributed by atoms with Crippen LogP contribution in [0.4, 0.5) is 4.39 Å².